The van der Waals surface area contributed by atoms with Gasteiger partial charge in [-0.2, -0.15) is 0 Å². The maximum absolute atomic E-state index is 12.3. The second kappa shape index (κ2) is 7.49. The smallest absolute Gasteiger partial charge is 0.255 e. The Balaban J connectivity index is 1.97. The topological polar surface area (TPSA) is 67.4 Å². The first-order valence-electron chi connectivity index (χ1n) is 7.46. The molecule has 22 heavy (non-hydrogen) atoms. The molecule has 2 N–H and O–H groups in total. The van der Waals surface area contributed by atoms with Crippen LogP contribution < -0.4 is 15.4 Å². The lowest BCUT2D eigenvalue weighted by Crippen LogP contribution is -2.47. The monoisotopic (exact) mass is 324 g/mol. The molecule has 2 rings (SSSR count). The number of hydrogen-bond donors (Lipinski definition) is 2. The quantitative estimate of drug-likeness (QED) is 0.874. The molecule has 1 aliphatic carbocycles. The van der Waals surface area contributed by atoms with Gasteiger partial charge in [-0.15, -0.1) is 0 Å². The van der Waals surface area contributed by atoms with Crippen LogP contribution in [0.1, 0.15) is 43.0 Å². The molecular weight excluding hydrogens is 304 g/mol. The number of benzene rings is 1. The molecule has 0 spiro atoms. The van der Waals surface area contributed by atoms with Gasteiger partial charge in [0.2, 0.25) is 5.91 Å². The Kier molecular flexibility index (Phi) is 5.66. The van der Waals surface area contributed by atoms with Gasteiger partial charge in [-0.05, 0) is 38.0 Å². The van der Waals surface area contributed by atoms with Crippen molar-refractivity contribution < 1.29 is 14.3 Å². The zero-order valence-corrected chi connectivity index (χ0v) is 13.6. The first-order chi connectivity index (χ1) is 10.5. The van der Waals surface area contributed by atoms with Gasteiger partial charge >= 0.3 is 0 Å². The number of carbonyl (C=O) groups excluding carboxylic acids is 2. The second-order valence-electron chi connectivity index (χ2n) is 5.53. The lowest BCUT2D eigenvalue weighted by molar-refractivity contribution is -0.123. The van der Waals surface area contributed by atoms with Crippen molar-refractivity contribution in [3.63, 3.8) is 0 Å². The molecule has 5 nitrogen and oxygen atoms in total. The van der Waals surface area contributed by atoms with Crippen LogP contribution in [0, 0.1) is 0 Å². The summed E-state index contributed by atoms with van der Waals surface area (Å²) in [5.41, 5.74) is 0.354. The number of carbonyl (C=O) groups is 2. The van der Waals surface area contributed by atoms with Gasteiger partial charge in [0.15, 0.2) is 0 Å². The fourth-order valence-corrected chi connectivity index (χ4v) is 2.75. The predicted octanol–water partition coefficient (Wildman–Crippen LogP) is 2.53. The Morgan fingerprint density at radius 1 is 1.32 bits per heavy atom. The normalized spacial score (nSPS) is 16.1. The zero-order valence-electron chi connectivity index (χ0n) is 12.8. The molecule has 0 radical (unpaired) electrons. The van der Waals surface area contributed by atoms with E-state index in [9.17, 15) is 9.59 Å². The summed E-state index contributed by atoms with van der Waals surface area (Å²) in [7, 11) is 1.47. The van der Waals surface area contributed by atoms with Crippen LogP contribution in [0.3, 0.4) is 0 Å². The van der Waals surface area contributed by atoms with E-state index in [0.717, 1.165) is 25.7 Å². The van der Waals surface area contributed by atoms with Gasteiger partial charge in [0.1, 0.15) is 11.8 Å². The fourth-order valence-electron chi connectivity index (χ4n) is 2.59. The average Bonchev–Trinajstić information content (AvgIpc) is 2.99. The van der Waals surface area contributed by atoms with E-state index in [0.29, 0.717) is 16.3 Å². The molecule has 120 valence electrons. The molecule has 6 heteroatoms. The van der Waals surface area contributed by atoms with Crippen LogP contribution in [0.25, 0.3) is 0 Å². The van der Waals surface area contributed by atoms with Crippen molar-refractivity contribution in [1.82, 2.24) is 10.6 Å². The summed E-state index contributed by atoms with van der Waals surface area (Å²) in [6, 6.07) is 4.39. The number of hydrogen-bond acceptors (Lipinski definition) is 3. The number of halogens is 1. The van der Waals surface area contributed by atoms with Crippen molar-refractivity contribution in [3.05, 3.63) is 28.8 Å². The Bertz CT molecular complexity index is 556. The van der Waals surface area contributed by atoms with Gasteiger partial charge in [-0.1, -0.05) is 24.4 Å². The molecule has 1 unspecified atom stereocenters. The lowest BCUT2D eigenvalue weighted by atomic mass is 10.1. The lowest BCUT2D eigenvalue weighted by Gasteiger charge is -2.18. The molecule has 1 aromatic carbocycles. The third kappa shape index (κ3) is 4.13. The number of rotatable bonds is 5. The van der Waals surface area contributed by atoms with Crippen molar-refractivity contribution in [2.75, 3.05) is 7.11 Å². The van der Waals surface area contributed by atoms with E-state index in [1.165, 1.54) is 7.11 Å². The zero-order chi connectivity index (χ0) is 16.1. The highest BCUT2D eigenvalue weighted by molar-refractivity contribution is 6.30. The number of methoxy groups -OCH3 is 1. The highest BCUT2D eigenvalue weighted by atomic mass is 35.5. The molecule has 0 aliphatic heterocycles. The van der Waals surface area contributed by atoms with Crippen LogP contribution in [-0.4, -0.2) is 31.0 Å². The van der Waals surface area contributed by atoms with Crippen molar-refractivity contribution in [1.29, 1.82) is 0 Å². The maximum Gasteiger partial charge on any atom is 0.255 e. The van der Waals surface area contributed by atoms with Crippen LogP contribution in [-0.2, 0) is 4.79 Å². The van der Waals surface area contributed by atoms with Crippen LogP contribution in [0.4, 0.5) is 0 Å². The standard InChI is InChI=1S/C16H21ClN2O3/c1-10(15(20)19-12-5-3-4-6-12)18-16(21)13-8-7-11(17)9-14(13)22-2/h7-10,12H,3-6H2,1-2H3,(H,18,21)(H,19,20). The summed E-state index contributed by atoms with van der Waals surface area (Å²) in [6.45, 7) is 1.67. The Morgan fingerprint density at radius 2 is 2.00 bits per heavy atom. The molecule has 0 aromatic heterocycles. The molecule has 2 amide bonds. The SMILES string of the molecule is COc1cc(Cl)ccc1C(=O)NC(C)C(=O)NC1CCCC1. The molecule has 1 aliphatic rings. The third-order valence-corrected chi connectivity index (χ3v) is 4.09. The van der Waals surface area contributed by atoms with Crippen LogP contribution >= 0.6 is 11.6 Å². The fraction of sp³-hybridized carbons (Fsp3) is 0.500. The summed E-state index contributed by atoms with van der Waals surface area (Å²) in [5.74, 6) is -0.135. The van der Waals surface area contributed by atoms with Gasteiger partial charge in [0, 0.05) is 11.1 Å². The van der Waals surface area contributed by atoms with Crippen LogP contribution in [0.5, 0.6) is 5.75 Å². The van der Waals surface area contributed by atoms with E-state index in [1.807, 2.05) is 0 Å². The molecule has 1 fully saturated rings. The van der Waals surface area contributed by atoms with E-state index in [2.05, 4.69) is 10.6 Å². The van der Waals surface area contributed by atoms with Crippen molar-refractivity contribution in [2.45, 2.75) is 44.7 Å². The van der Waals surface area contributed by atoms with Gasteiger partial charge < -0.3 is 15.4 Å². The van der Waals surface area contributed by atoms with E-state index >= 15 is 0 Å². The second-order valence-corrected chi connectivity index (χ2v) is 5.97. The summed E-state index contributed by atoms with van der Waals surface area (Å²) < 4.78 is 5.15. The largest absolute Gasteiger partial charge is 0.496 e. The summed E-state index contributed by atoms with van der Waals surface area (Å²) >= 11 is 5.88. The summed E-state index contributed by atoms with van der Waals surface area (Å²) in [5, 5.41) is 6.14. The first kappa shape index (κ1) is 16.6. The number of nitrogens with one attached hydrogen (secondary N) is 2. The van der Waals surface area contributed by atoms with Crippen LogP contribution in [0.15, 0.2) is 18.2 Å². The van der Waals surface area contributed by atoms with Crippen LogP contribution in [0.2, 0.25) is 5.02 Å². The van der Waals surface area contributed by atoms with E-state index in [1.54, 1.807) is 25.1 Å². The molecule has 1 saturated carbocycles. The Morgan fingerprint density at radius 3 is 2.64 bits per heavy atom. The number of ether oxygens (including phenoxy) is 1. The Hall–Kier alpha value is -1.75. The average molecular weight is 325 g/mol. The van der Waals surface area contributed by atoms with Crippen molar-refractivity contribution in [2.24, 2.45) is 0 Å². The van der Waals surface area contributed by atoms with E-state index in [4.69, 9.17) is 16.3 Å². The minimum atomic E-state index is -0.603. The molecule has 0 saturated heterocycles. The molecule has 1 aromatic rings. The summed E-state index contributed by atoms with van der Waals surface area (Å²) in [6.07, 6.45) is 4.32. The first-order valence-corrected chi connectivity index (χ1v) is 7.84. The minimum absolute atomic E-state index is 0.159. The predicted molar refractivity (Wildman–Crippen MR) is 85.3 cm³/mol. The van der Waals surface area contributed by atoms with Crippen molar-refractivity contribution in [3.8, 4) is 5.75 Å². The van der Waals surface area contributed by atoms with Crippen molar-refractivity contribution >= 4 is 23.4 Å². The molecule has 0 heterocycles. The maximum atomic E-state index is 12.3. The van der Waals surface area contributed by atoms with Gasteiger partial charge in [-0.3, -0.25) is 9.59 Å². The van der Waals surface area contributed by atoms with E-state index < -0.39 is 6.04 Å². The Labute approximate surface area is 135 Å². The highest BCUT2D eigenvalue weighted by Gasteiger charge is 2.23. The van der Waals surface area contributed by atoms with Gasteiger partial charge in [0.05, 0.1) is 12.7 Å². The minimum Gasteiger partial charge on any atom is -0.496 e. The number of amides is 2. The molecular formula is C16H21ClN2O3. The molecule has 1 atom stereocenters. The summed E-state index contributed by atoms with van der Waals surface area (Å²) in [4.78, 5) is 24.4. The highest BCUT2D eigenvalue weighted by Crippen LogP contribution is 2.23. The van der Waals surface area contributed by atoms with E-state index in [-0.39, 0.29) is 17.9 Å². The molecule has 0 bridgehead atoms. The van der Waals surface area contributed by atoms with Gasteiger partial charge in [-0.25, -0.2) is 0 Å². The van der Waals surface area contributed by atoms with Gasteiger partial charge in [0.25, 0.3) is 5.91 Å². The third-order valence-electron chi connectivity index (χ3n) is 3.85.